The van der Waals surface area contributed by atoms with Gasteiger partial charge in [0, 0.05) is 0 Å². The molecule has 0 aliphatic carbocycles. The molecule has 3 aromatic carbocycles. The van der Waals surface area contributed by atoms with Crippen LogP contribution in [0.3, 0.4) is 0 Å². The van der Waals surface area contributed by atoms with Crippen LogP contribution in [0.2, 0.25) is 5.02 Å². The van der Waals surface area contributed by atoms with Gasteiger partial charge in [-0.05, 0) is 59.7 Å². The molecule has 0 unspecified atom stereocenters. The number of hydrazone groups is 1. The number of carbonyl (C=O) groups is 2. The van der Waals surface area contributed by atoms with E-state index in [9.17, 15) is 27.2 Å². The van der Waals surface area contributed by atoms with Gasteiger partial charge in [-0.3, -0.25) is 9.59 Å². The van der Waals surface area contributed by atoms with Gasteiger partial charge < -0.3 is 14.8 Å². The van der Waals surface area contributed by atoms with Gasteiger partial charge in [-0.2, -0.15) is 18.3 Å². The lowest BCUT2D eigenvalue weighted by atomic mass is 10.2. The number of rotatable bonds is 7. The first-order valence-electron chi connectivity index (χ1n) is 10.1. The van der Waals surface area contributed by atoms with Gasteiger partial charge in [0.05, 0.1) is 29.6 Å². The minimum atomic E-state index is -4.65. The molecule has 3 aromatic rings. The van der Waals surface area contributed by atoms with E-state index < -0.39 is 23.6 Å². The van der Waals surface area contributed by atoms with E-state index in [1.54, 1.807) is 30.3 Å². The average Bonchev–Trinajstić information content (AvgIpc) is 2.84. The van der Waals surface area contributed by atoms with Crippen molar-refractivity contribution in [2.24, 2.45) is 5.10 Å². The molecule has 3 rings (SSSR count). The number of ether oxygens (including phenoxy) is 2. The maximum Gasteiger partial charge on any atom is 0.416 e. The number of halogens is 5. The first-order chi connectivity index (χ1) is 17.1. The number of alkyl halides is 3. The Morgan fingerprint density at radius 3 is 2.39 bits per heavy atom. The summed E-state index contributed by atoms with van der Waals surface area (Å²) in [5.41, 5.74) is 1.77. The van der Waals surface area contributed by atoms with Crippen molar-refractivity contribution in [2.45, 2.75) is 12.8 Å². The highest BCUT2D eigenvalue weighted by atomic mass is 35.5. The molecule has 0 spiro atoms. The normalized spacial score (nSPS) is 11.3. The zero-order chi connectivity index (χ0) is 26.3. The Balaban J connectivity index is 1.59. The molecule has 0 aliphatic rings. The predicted molar refractivity (Wildman–Crippen MR) is 125 cm³/mol. The van der Waals surface area contributed by atoms with Crippen LogP contribution >= 0.6 is 11.6 Å². The van der Waals surface area contributed by atoms with E-state index in [0.29, 0.717) is 23.1 Å². The van der Waals surface area contributed by atoms with E-state index in [1.807, 2.05) is 10.7 Å². The minimum Gasteiger partial charge on any atom is -0.493 e. The second kappa shape index (κ2) is 11.5. The number of nitrogens with one attached hydrogen (secondary N) is 2. The fraction of sp³-hybridized carbons (Fsp3) is 0.125. The van der Waals surface area contributed by atoms with Crippen LogP contribution < -0.4 is 20.2 Å². The Morgan fingerprint density at radius 1 is 1.00 bits per heavy atom. The fourth-order valence-corrected chi connectivity index (χ4v) is 2.98. The Bertz CT molecular complexity index is 1280. The lowest BCUT2D eigenvalue weighted by molar-refractivity contribution is -0.137. The quantitative estimate of drug-likeness (QED) is 0.193. The number of carbonyl (C=O) groups excluding carboxylic acids is 2. The summed E-state index contributed by atoms with van der Waals surface area (Å²) in [6.07, 6.45) is -3.44. The third-order valence-corrected chi connectivity index (χ3v) is 4.95. The van der Waals surface area contributed by atoms with Gasteiger partial charge >= 0.3 is 18.0 Å². The van der Waals surface area contributed by atoms with Gasteiger partial charge in [0.1, 0.15) is 12.4 Å². The molecule has 188 valence electrons. The molecule has 0 saturated carbocycles. The van der Waals surface area contributed by atoms with Gasteiger partial charge in [-0.1, -0.05) is 23.7 Å². The van der Waals surface area contributed by atoms with Crippen LogP contribution in [0.5, 0.6) is 11.5 Å². The van der Waals surface area contributed by atoms with Crippen molar-refractivity contribution < 1.29 is 36.6 Å². The number of amides is 2. The maximum absolute atomic E-state index is 13.0. The van der Waals surface area contributed by atoms with E-state index in [2.05, 4.69) is 5.10 Å². The van der Waals surface area contributed by atoms with Crippen molar-refractivity contribution in [3.05, 3.63) is 88.2 Å². The summed E-state index contributed by atoms with van der Waals surface area (Å²) >= 11 is 5.80. The van der Waals surface area contributed by atoms with Crippen molar-refractivity contribution in [1.29, 1.82) is 0 Å². The van der Waals surface area contributed by atoms with E-state index in [1.165, 1.54) is 25.5 Å². The van der Waals surface area contributed by atoms with Crippen molar-refractivity contribution in [3.63, 3.8) is 0 Å². The topological polar surface area (TPSA) is 89.0 Å². The standard InChI is InChI=1S/C24H18ClF4N3O4/c1-35-21-10-15(4-9-20(21)36-13-14-2-6-17(26)7-3-14)12-30-32-23(34)22(33)31-19-11-16(24(27,28)29)5-8-18(19)25/h2-12H,13H2,1H3,(H,31,33)(H,32,34). The van der Waals surface area contributed by atoms with Crippen LogP contribution in [0, 0.1) is 5.82 Å². The molecular weight excluding hydrogens is 506 g/mol. The monoisotopic (exact) mass is 523 g/mol. The molecule has 0 saturated heterocycles. The molecule has 0 aromatic heterocycles. The summed E-state index contributed by atoms with van der Waals surface area (Å²) in [7, 11) is 1.42. The van der Waals surface area contributed by atoms with Crippen LogP contribution in [0.4, 0.5) is 23.2 Å². The molecular formula is C24H18ClF4N3O4. The zero-order valence-electron chi connectivity index (χ0n) is 18.5. The second-order valence-electron chi connectivity index (χ2n) is 7.17. The van der Waals surface area contributed by atoms with Crippen LogP contribution in [-0.2, 0) is 22.4 Å². The van der Waals surface area contributed by atoms with Gasteiger partial charge in [0.2, 0.25) is 0 Å². The molecule has 12 heteroatoms. The van der Waals surface area contributed by atoms with E-state index in [0.717, 1.165) is 17.7 Å². The molecule has 2 amide bonds. The Labute approximate surface area is 207 Å². The summed E-state index contributed by atoms with van der Waals surface area (Å²) < 4.78 is 62.5. The Kier molecular flexibility index (Phi) is 8.49. The number of benzene rings is 3. The van der Waals surface area contributed by atoms with Gasteiger partial charge in [-0.15, -0.1) is 0 Å². The molecule has 0 aliphatic heterocycles. The van der Waals surface area contributed by atoms with Crippen LogP contribution in [0.15, 0.2) is 65.8 Å². The highest BCUT2D eigenvalue weighted by Crippen LogP contribution is 2.33. The summed E-state index contributed by atoms with van der Waals surface area (Å²) in [4.78, 5) is 24.0. The third kappa shape index (κ3) is 7.19. The lowest BCUT2D eigenvalue weighted by Crippen LogP contribution is -2.32. The van der Waals surface area contributed by atoms with Crippen molar-refractivity contribution in [3.8, 4) is 11.5 Å². The summed E-state index contributed by atoms with van der Waals surface area (Å²) in [5, 5.41) is 5.49. The minimum absolute atomic E-state index is 0.172. The number of hydrogen-bond acceptors (Lipinski definition) is 5. The molecule has 2 N–H and O–H groups in total. The smallest absolute Gasteiger partial charge is 0.416 e. The Morgan fingerprint density at radius 2 is 1.72 bits per heavy atom. The fourth-order valence-electron chi connectivity index (χ4n) is 2.82. The first kappa shape index (κ1) is 26.5. The molecule has 0 fully saturated rings. The third-order valence-electron chi connectivity index (χ3n) is 4.62. The number of methoxy groups -OCH3 is 1. The summed E-state index contributed by atoms with van der Waals surface area (Å²) in [6.45, 7) is 0.172. The molecule has 7 nitrogen and oxygen atoms in total. The van der Waals surface area contributed by atoms with Gasteiger partial charge in [-0.25, -0.2) is 9.82 Å². The van der Waals surface area contributed by atoms with Gasteiger partial charge in [0.15, 0.2) is 11.5 Å². The van der Waals surface area contributed by atoms with Crippen molar-refractivity contribution >= 4 is 35.3 Å². The van der Waals surface area contributed by atoms with Crippen molar-refractivity contribution in [2.75, 3.05) is 12.4 Å². The first-order valence-corrected chi connectivity index (χ1v) is 10.5. The Hall–Kier alpha value is -4.12. The molecule has 0 atom stereocenters. The van der Waals surface area contributed by atoms with Crippen molar-refractivity contribution in [1.82, 2.24) is 5.43 Å². The lowest BCUT2D eigenvalue weighted by Gasteiger charge is -2.11. The van der Waals surface area contributed by atoms with Gasteiger partial charge in [0.25, 0.3) is 0 Å². The van der Waals surface area contributed by atoms with Crippen LogP contribution in [0.1, 0.15) is 16.7 Å². The second-order valence-corrected chi connectivity index (χ2v) is 7.58. The molecule has 0 bridgehead atoms. The maximum atomic E-state index is 13.0. The largest absolute Gasteiger partial charge is 0.493 e. The highest BCUT2D eigenvalue weighted by Gasteiger charge is 2.31. The number of nitrogens with zero attached hydrogens (tertiary/aromatic N) is 1. The molecule has 0 heterocycles. The van der Waals surface area contributed by atoms with E-state index in [4.69, 9.17) is 21.1 Å². The zero-order valence-corrected chi connectivity index (χ0v) is 19.3. The van der Waals surface area contributed by atoms with Crippen LogP contribution in [-0.4, -0.2) is 25.1 Å². The average molecular weight is 524 g/mol. The van der Waals surface area contributed by atoms with E-state index in [-0.39, 0.29) is 23.1 Å². The highest BCUT2D eigenvalue weighted by molar-refractivity contribution is 6.41. The van der Waals surface area contributed by atoms with E-state index >= 15 is 0 Å². The van der Waals surface area contributed by atoms with Crippen LogP contribution in [0.25, 0.3) is 0 Å². The number of anilines is 1. The molecule has 0 radical (unpaired) electrons. The number of hydrogen-bond donors (Lipinski definition) is 2. The SMILES string of the molecule is COc1cc(C=NNC(=O)C(=O)Nc2cc(C(F)(F)F)ccc2Cl)ccc1OCc1ccc(F)cc1. The summed E-state index contributed by atoms with van der Waals surface area (Å²) in [5.74, 6) is -2.10. The summed E-state index contributed by atoms with van der Waals surface area (Å²) in [6, 6.07) is 12.9. The predicted octanol–water partition coefficient (Wildman–Crippen LogP) is 5.17. The molecule has 36 heavy (non-hydrogen) atoms.